The molecule has 0 saturated carbocycles. The lowest BCUT2D eigenvalue weighted by molar-refractivity contribution is 1.47. The van der Waals surface area contributed by atoms with Crippen LogP contribution in [0.2, 0.25) is 10.0 Å². The van der Waals surface area contributed by atoms with Crippen LogP contribution in [0.15, 0.2) is 36.4 Å². The third-order valence-corrected chi connectivity index (χ3v) is 3.27. The molecule has 0 radical (unpaired) electrons. The van der Waals surface area contributed by atoms with Crippen molar-refractivity contribution >= 4 is 28.9 Å². The molecule has 0 aliphatic carbocycles. The first-order valence-electron chi connectivity index (χ1n) is 4.90. The highest BCUT2D eigenvalue weighted by molar-refractivity contribution is 6.43. The summed E-state index contributed by atoms with van der Waals surface area (Å²) in [6, 6.07) is 11.4. The van der Waals surface area contributed by atoms with E-state index in [0.29, 0.717) is 15.7 Å². The minimum absolute atomic E-state index is 0.542. The first-order chi connectivity index (χ1) is 7.59. The first-order valence-corrected chi connectivity index (χ1v) is 5.65. The van der Waals surface area contributed by atoms with Crippen molar-refractivity contribution in [2.75, 3.05) is 5.73 Å². The van der Waals surface area contributed by atoms with E-state index in [9.17, 15) is 0 Å². The topological polar surface area (TPSA) is 26.0 Å². The van der Waals surface area contributed by atoms with Crippen molar-refractivity contribution in [2.24, 2.45) is 0 Å². The first kappa shape index (κ1) is 11.3. The minimum Gasteiger partial charge on any atom is -0.398 e. The molecule has 0 bridgehead atoms. The fraction of sp³-hybridized carbons (Fsp3) is 0.0769. The van der Waals surface area contributed by atoms with Crippen molar-refractivity contribution in [2.45, 2.75) is 6.92 Å². The highest BCUT2D eigenvalue weighted by atomic mass is 35.5. The quantitative estimate of drug-likeness (QED) is 0.740. The smallest absolute Gasteiger partial charge is 0.0671 e. The molecule has 0 atom stereocenters. The second-order valence-electron chi connectivity index (χ2n) is 3.69. The predicted octanol–water partition coefficient (Wildman–Crippen LogP) is 4.55. The maximum absolute atomic E-state index is 6.16. The molecule has 1 nitrogen and oxygen atoms in total. The summed E-state index contributed by atoms with van der Waals surface area (Å²) >= 11 is 12.1. The van der Waals surface area contributed by atoms with Gasteiger partial charge in [0.25, 0.3) is 0 Å². The molecule has 3 heteroatoms. The SMILES string of the molecule is Cc1ccc(N)c(-c2cccc(Cl)c2Cl)c1. The minimum atomic E-state index is 0.542. The Bertz CT molecular complexity index is 535. The average molecular weight is 252 g/mol. The van der Waals surface area contributed by atoms with Crippen LogP contribution in [0.5, 0.6) is 0 Å². The van der Waals surface area contributed by atoms with E-state index in [1.807, 2.05) is 37.3 Å². The largest absolute Gasteiger partial charge is 0.398 e. The summed E-state index contributed by atoms with van der Waals surface area (Å²) in [7, 11) is 0. The van der Waals surface area contributed by atoms with E-state index in [1.165, 1.54) is 0 Å². The summed E-state index contributed by atoms with van der Waals surface area (Å²) in [5.41, 5.74) is 9.58. The van der Waals surface area contributed by atoms with Gasteiger partial charge in [-0.15, -0.1) is 0 Å². The Morgan fingerprint density at radius 3 is 2.50 bits per heavy atom. The van der Waals surface area contributed by atoms with Crippen LogP contribution in [-0.2, 0) is 0 Å². The van der Waals surface area contributed by atoms with Gasteiger partial charge >= 0.3 is 0 Å². The van der Waals surface area contributed by atoms with Crippen LogP contribution in [0, 0.1) is 6.92 Å². The molecule has 0 aliphatic rings. The maximum Gasteiger partial charge on any atom is 0.0671 e. The van der Waals surface area contributed by atoms with Crippen LogP contribution in [0.3, 0.4) is 0 Å². The second-order valence-corrected chi connectivity index (χ2v) is 4.48. The molecule has 82 valence electrons. The predicted molar refractivity (Wildman–Crippen MR) is 71.0 cm³/mol. The van der Waals surface area contributed by atoms with Crippen LogP contribution in [-0.4, -0.2) is 0 Å². The summed E-state index contributed by atoms with van der Waals surface area (Å²) in [6.07, 6.45) is 0. The summed E-state index contributed by atoms with van der Waals surface area (Å²) in [4.78, 5) is 0. The number of aryl methyl sites for hydroxylation is 1. The molecular weight excluding hydrogens is 241 g/mol. The maximum atomic E-state index is 6.16. The lowest BCUT2D eigenvalue weighted by atomic mass is 10.0. The van der Waals surface area contributed by atoms with Gasteiger partial charge in [0, 0.05) is 16.8 Å². The van der Waals surface area contributed by atoms with Crippen molar-refractivity contribution in [1.29, 1.82) is 0 Å². The number of anilines is 1. The van der Waals surface area contributed by atoms with Gasteiger partial charge in [0.05, 0.1) is 10.0 Å². The van der Waals surface area contributed by atoms with Gasteiger partial charge in [-0.1, -0.05) is 47.0 Å². The Morgan fingerprint density at radius 1 is 1.00 bits per heavy atom. The van der Waals surface area contributed by atoms with Crippen LogP contribution < -0.4 is 5.73 Å². The van der Waals surface area contributed by atoms with Gasteiger partial charge in [-0.05, 0) is 25.1 Å². The zero-order valence-electron chi connectivity index (χ0n) is 8.80. The Hall–Kier alpha value is -1.18. The number of nitrogens with two attached hydrogens (primary N) is 1. The number of benzene rings is 2. The van der Waals surface area contributed by atoms with Crippen molar-refractivity contribution < 1.29 is 0 Å². The zero-order valence-corrected chi connectivity index (χ0v) is 10.3. The third kappa shape index (κ3) is 2.01. The van der Waals surface area contributed by atoms with E-state index in [4.69, 9.17) is 28.9 Å². The van der Waals surface area contributed by atoms with Gasteiger partial charge in [0.1, 0.15) is 0 Å². The molecule has 0 amide bonds. The number of hydrogen-bond acceptors (Lipinski definition) is 1. The Morgan fingerprint density at radius 2 is 1.75 bits per heavy atom. The molecule has 0 saturated heterocycles. The number of hydrogen-bond donors (Lipinski definition) is 1. The molecule has 0 heterocycles. The van der Waals surface area contributed by atoms with Crippen LogP contribution in [0.1, 0.15) is 5.56 Å². The van der Waals surface area contributed by atoms with Crippen LogP contribution >= 0.6 is 23.2 Å². The van der Waals surface area contributed by atoms with E-state index < -0.39 is 0 Å². The van der Waals surface area contributed by atoms with Gasteiger partial charge in [0.15, 0.2) is 0 Å². The zero-order chi connectivity index (χ0) is 11.7. The average Bonchev–Trinajstić information content (AvgIpc) is 2.26. The molecule has 0 spiro atoms. The lowest BCUT2D eigenvalue weighted by Crippen LogP contribution is -1.91. The molecule has 16 heavy (non-hydrogen) atoms. The fourth-order valence-corrected chi connectivity index (χ4v) is 2.02. The summed E-state index contributed by atoms with van der Waals surface area (Å²) in [6.45, 7) is 2.02. The molecule has 2 aromatic carbocycles. The van der Waals surface area contributed by atoms with E-state index in [-0.39, 0.29) is 0 Å². The molecular formula is C13H11Cl2N. The normalized spacial score (nSPS) is 10.4. The molecule has 0 aromatic heterocycles. The highest BCUT2D eigenvalue weighted by Gasteiger charge is 2.09. The van der Waals surface area contributed by atoms with E-state index >= 15 is 0 Å². The van der Waals surface area contributed by atoms with Gasteiger partial charge < -0.3 is 5.73 Å². The van der Waals surface area contributed by atoms with Gasteiger partial charge in [-0.3, -0.25) is 0 Å². The molecule has 0 unspecified atom stereocenters. The van der Waals surface area contributed by atoms with Crippen molar-refractivity contribution in [3.05, 3.63) is 52.0 Å². The van der Waals surface area contributed by atoms with E-state index in [2.05, 4.69) is 0 Å². The van der Waals surface area contributed by atoms with Crippen LogP contribution in [0.25, 0.3) is 11.1 Å². The fourth-order valence-electron chi connectivity index (χ4n) is 1.62. The third-order valence-electron chi connectivity index (χ3n) is 2.45. The number of nitrogen functional groups attached to an aromatic ring is 1. The van der Waals surface area contributed by atoms with E-state index in [0.717, 1.165) is 16.7 Å². The highest BCUT2D eigenvalue weighted by Crippen LogP contribution is 2.36. The summed E-state index contributed by atoms with van der Waals surface area (Å²) < 4.78 is 0. The standard InChI is InChI=1S/C13H11Cl2N/c1-8-5-6-12(16)10(7-8)9-3-2-4-11(14)13(9)15/h2-7H,16H2,1H3. The van der Waals surface area contributed by atoms with Crippen molar-refractivity contribution in [1.82, 2.24) is 0 Å². The van der Waals surface area contributed by atoms with Crippen LogP contribution in [0.4, 0.5) is 5.69 Å². The summed E-state index contributed by atoms with van der Waals surface area (Å²) in [5, 5.41) is 1.08. The van der Waals surface area contributed by atoms with Gasteiger partial charge in [0.2, 0.25) is 0 Å². The Kier molecular flexibility index (Phi) is 3.08. The van der Waals surface area contributed by atoms with Gasteiger partial charge in [-0.2, -0.15) is 0 Å². The molecule has 2 rings (SSSR count). The Balaban J connectivity index is 2.67. The van der Waals surface area contributed by atoms with E-state index in [1.54, 1.807) is 6.07 Å². The van der Waals surface area contributed by atoms with Crippen molar-refractivity contribution in [3.8, 4) is 11.1 Å². The molecule has 0 fully saturated rings. The number of rotatable bonds is 1. The molecule has 2 aromatic rings. The Labute approximate surface area is 105 Å². The van der Waals surface area contributed by atoms with Crippen molar-refractivity contribution in [3.63, 3.8) is 0 Å². The lowest BCUT2D eigenvalue weighted by Gasteiger charge is -2.09. The summed E-state index contributed by atoms with van der Waals surface area (Å²) in [5.74, 6) is 0. The number of halogens is 2. The molecule has 0 aliphatic heterocycles. The van der Waals surface area contributed by atoms with Gasteiger partial charge in [-0.25, -0.2) is 0 Å². The monoisotopic (exact) mass is 251 g/mol. The second kappa shape index (κ2) is 4.36. The molecule has 2 N–H and O–H groups in total.